The van der Waals surface area contributed by atoms with Crippen LogP contribution in [0.3, 0.4) is 0 Å². The Kier molecular flexibility index (Phi) is 3.91. The number of rotatable bonds is 2. The summed E-state index contributed by atoms with van der Waals surface area (Å²) in [5, 5.41) is 3.54. The van der Waals surface area contributed by atoms with Gasteiger partial charge in [-0.2, -0.15) is 0 Å². The van der Waals surface area contributed by atoms with Gasteiger partial charge in [-0.3, -0.25) is 4.79 Å². The molecule has 4 heteroatoms. The predicted octanol–water partition coefficient (Wildman–Crippen LogP) is 5.43. The Morgan fingerprint density at radius 1 is 1.12 bits per heavy atom. The first kappa shape index (κ1) is 16.2. The fourth-order valence-corrected chi connectivity index (χ4v) is 2.83. The number of para-hydroxylation sites is 1. The van der Waals surface area contributed by atoms with Crippen LogP contribution >= 0.6 is 0 Å². The van der Waals surface area contributed by atoms with Gasteiger partial charge >= 0.3 is 0 Å². The molecule has 0 unspecified atom stereocenters. The lowest BCUT2D eigenvalue weighted by molar-refractivity contribution is 0.0997. The molecule has 1 heterocycles. The highest BCUT2D eigenvalue weighted by Crippen LogP contribution is 2.31. The van der Waals surface area contributed by atoms with E-state index in [1.807, 2.05) is 24.3 Å². The molecule has 0 spiro atoms. The minimum Gasteiger partial charge on any atom is -0.451 e. The van der Waals surface area contributed by atoms with Crippen molar-refractivity contribution >= 4 is 22.6 Å². The molecule has 0 atom stereocenters. The quantitative estimate of drug-likeness (QED) is 0.682. The van der Waals surface area contributed by atoms with Gasteiger partial charge in [0.15, 0.2) is 5.76 Å². The van der Waals surface area contributed by atoms with E-state index >= 15 is 0 Å². The van der Waals surface area contributed by atoms with Crippen LogP contribution in [0, 0.1) is 12.7 Å². The molecule has 0 saturated heterocycles. The summed E-state index contributed by atoms with van der Waals surface area (Å²) >= 11 is 0. The molecule has 0 radical (unpaired) electrons. The molecule has 3 aromatic rings. The largest absolute Gasteiger partial charge is 0.451 e. The molecule has 0 aliphatic carbocycles. The molecule has 0 fully saturated rings. The van der Waals surface area contributed by atoms with Crippen LogP contribution in [0.4, 0.5) is 10.1 Å². The zero-order valence-electron chi connectivity index (χ0n) is 14.2. The van der Waals surface area contributed by atoms with E-state index in [0.29, 0.717) is 16.5 Å². The number of benzene rings is 2. The van der Waals surface area contributed by atoms with Gasteiger partial charge in [-0.15, -0.1) is 0 Å². The molecule has 0 aliphatic rings. The third-order valence-corrected chi connectivity index (χ3v) is 4.09. The first-order valence-electron chi connectivity index (χ1n) is 7.87. The molecule has 2 aromatic carbocycles. The third kappa shape index (κ3) is 2.92. The zero-order valence-corrected chi connectivity index (χ0v) is 14.2. The third-order valence-electron chi connectivity index (χ3n) is 4.09. The number of carbonyl (C=O) groups excluding carboxylic acids is 1. The first-order chi connectivity index (χ1) is 11.3. The van der Waals surface area contributed by atoms with Crippen molar-refractivity contribution < 1.29 is 13.6 Å². The second-order valence-electron chi connectivity index (χ2n) is 6.95. The zero-order chi connectivity index (χ0) is 17.5. The van der Waals surface area contributed by atoms with Crippen molar-refractivity contribution in [2.45, 2.75) is 33.1 Å². The Hall–Kier alpha value is -2.62. The van der Waals surface area contributed by atoms with Gasteiger partial charge in [0.2, 0.25) is 0 Å². The highest BCUT2D eigenvalue weighted by atomic mass is 19.1. The lowest BCUT2D eigenvalue weighted by Crippen LogP contribution is -2.18. The summed E-state index contributed by atoms with van der Waals surface area (Å²) in [4.78, 5) is 12.7. The van der Waals surface area contributed by atoms with Crippen LogP contribution in [0.2, 0.25) is 0 Å². The fraction of sp³-hybridized carbons (Fsp3) is 0.250. The number of furan rings is 1. The minimum atomic E-state index is -0.351. The molecular formula is C20H20FNO2. The van der Waals surface area contributed by atoms with E-state index in [1.54, 1.807) is 6.92 Å². The standard InChI is InChI=1S/C20H20FNO2/c1-12-14-11-13(21)9-10-17(14)24-18(12)19(23)22-16-8-6-5-7-15(16)20(2,3)4/h5-11H,1-4H3,(H,22,23). The van der Waals surface area contributed by atoms with E-state index in [-0.39, 0.29) is 22.9 Å². The average molecular weight is 325 g/mol. The van der Waals surface area contributed by atoms with Gasteiger partial charge < -0.3 is 9.73 Å². The first-order valence-corrected chi connectivity index (χ1v) is 7.87. The number of anilines is 1. The smallest absolute Gasteiger partial charge is 0.291 e. The summed E-state index contributed by atoms with van der Waals surface area (Å²) in [5.74, 6) is -0.475. The molecular weight excluding hydrogens is 305 g/mol. The predicted molar refractivity (Wildman–Crippen MR) is 94.0 cm³/mol. The van der Waals surface area contributed by atoms with Gasteiger partial charge in [0.05, 0.1) is 0 Å². The number of fused-ring (bicyclic) bond motifs is 1. The van der Waals surface area contributed by atoms with Gasteiger partial charge in [0, 0.05) is 16.6 Å². The summed E-state index contributed by atoms with van der Waals surface area (Å²) in [6.07, 6.45) is 0. The van der Waals surface area contributed by atoms with E-state index in [2.05, 4.69) is 26.1 Å². The van der Waals surface area contributed by atoms with Crippen molar-refractivity contribution in [3.05, 3.63) is 65.2 Å². The monoisotopic (exact) mass is 325 g/mol. The Bertz CT molecular complexity index is 919. The Morgan fingerprint density at radius 2 is 1.83 bits per heavy atom. The molecule has 3 nitrogen and oxygen atoms in total. The van der Waals surface area contributed by atoms with Crippen LogP contribution in [0.5, 0.6) is 0 Å². The van der Waals surface area contributed by atoms with Crippen molar-refractivity contribution in [2.24, 2.45) is 0 Å². The molecule has 0 bridgehead atoms. The number of amides is 1. The van der Waals surface area contributed by atoms with Crippen molar-refractivity contribution in [3.63, 3.8) is 0 Å². The number of aryl methyl sites for hydroxylation is 1. The molecule has 24 heavy (non-hydrogen) atoms. The van der Waals surface area contributed by atoms with Crippen LogP contribution in [-0.4, -0.2) is 5.91 Å². The van der Waals surface area contributed by atoms with Crippen LogP contribution < -0.4 is 5.32 Å². The van der Waals surface area contributed by atoms with E-state index < -0.39 is 0 Å². The summed E-state index contributed by atoms with van der Waals surface area (Å²) in [6.45, 7) is 8.03. The lowest BCUT2D eigenvalue weighted by atomic mass is 9.86. The molecule has 3 rings (SSSR count). The number of nitrogens with one attached hydrogen (secondary N) is 1. The van der Waals surface area contributed by atoms with Crippen molar-refractivity contribution in [3.8, 4) is 0 Å². The molecule has 124 valence electrons. The normalized spacial score (nSPS) is 11.7. The Labute approximate surface area is 140 Å². The van der Waals surface area contributed by atoms with E-state index in [9.17, 15) is 9.18 Å². The van der Waals surface area contributed by atoms with E-state index in [0.717, 1.165) is 11.3 Å². The molecule has 1 N–H and O–H groups in total. The van der Waals surface area contributed by atoms with Gasteiger partial charge in [0.25, 0.3) is 5.91 Å². The summed E-state index contributed by atoms with van der Waals surface area (Å²) < 4.78 is 19.1. The Morgan fingerprint density at radius 3 is 2.54 bits per heavy atom. The van der Waals surface area contributed by atoms with Gasteiger partial charge in [-0.05, 0) is 42.2 Å². The average Bonchev–Trinajstić information content (AvgIpc) is 2.84. The summed E-state index contributed by atoms with van der Waals surface area (Å²) in [7, 11) is 0. The second-order valence-corrected chi connectivity index (χ2v) is 6.95. The maximum absolute atomic E-state index is 13.4. The number of hydrogen-bond acceptors (Lipinski definition) is 2. The van der Waals surface area contributed by atoms with Gasteiger partial charge in [-0.25, -0.2) is 4.39 Å². The number of carbonyl (C=O) groups is 1. The van der Waals surface area contributed by atoms with E-state index in [1.165, 1.54) is 18.2 Å². The van der Waals surface area contributed by atoms with Crippen LogP contribution in [0.25, 0.3) is 11.0 Å². The van der Waals surface area contributed by atoms with Crippen LogP contribution in [-0.2, 0) is 5.41 Å². The van der Waals surface area contributed by atoms with Crippen LogP contribution in [0.15, 0.2) is 46.9 Å². The van der Waals surface area contributed by atoms with Crippen molar-refractivity contribution in [2.75, 3.05) is 5.32 Å². The highest BCUT2D eigenvalue weighted by Gasteiger charge is 2.22. The molecule has 1 amide bonds. The van der Waals surface area contributed by atoms with Crippen molar-refractivity contribution in [1.82, 2.24) is 0 Å². The molecule has 0 aliphatic heterocycles. The maximum atomic E-state index is 13.4. The van der Waals surface area contributed by atoms with Gasteiger partial charge in [-0.1, -0.05) is 39.0 Å². The SMILES string of the molecule is Cc1c(C(=O)Nc2ccccc2C(C)(C)C)oc2ccc(F)cc12. The van der Waals surface area contributed by atoms with Crippen LogP contribution in [0.1, 0.15) is 42.5 Å². The summed E-state index contributed by atoms with van der Waals surface area (Å²) in [5.41, 5.74) is 2.83. The maximum Gasteiger partial charge on any atom is 0.291 e. The van der Waals surface area contributed by atoms with Crippen molar-refractivity contribution in [1.29, 1.82) is 0 Å². The highest BCUT2D eigenvalue weighted by molar-refractivity contribution is 6.06. The fourth-order valence-electron chi connectivity index (χ4n) is 2.83. The molecule has 0 saturated carbocycles. The second kappa shape index (κ2) is 5.78. The minimum absolute atomic E-state index is 0.101. The molecule has 1 aromatic heterocycles. The Balaban J connectivity index is 1.99. The number of hydrogen-bond donors (Lipinski definition) is 1. The lowest BCUT2D eigenvalue weighted by Gasteiger charge is -2.22. The number of halogens is 1. The topological polar surface area (TPSA) is 42.2 Å². The summed E-state index contributed by atoms with van der Waals surface area (Å²) in [6, 6.07) is 11.9. The van der Waals surface area contributed by atoms with Gasteiger partial charge in [0.1, 0.15) is 11.4 Å². The van der Waals surface area contributed by atoms with E-state index in [4.69, 9.17) is 4.42 Å².